The van der Waals surface area contributed by atoms with Gasteiger partial charge in [-0.2, -0.15) is 0 Å². The Morgan fingerprint density at radius 3 is 2.52 bits per heavy atom. The van der Waals surface area contributed by atoms with E-state index < -0.39 is 4.92 Å². The molecule has 0 fully saturated rings. The minimum atomic E-state index is -0.548. The first-order valence-corrected chi connectivity index (χ1v) is 9.49. The molecule has 0 aliphatic carbocycles. The highest BCUT2D eigenvalue weighted by Crippen LogP contribution is 2.33. The van der Waals surface area contributed by atoms with E-state index in [9.17, 15) is 10.1 Å². The van der Waals surface area contributed by atoms with Crippen LogP contribution in [-0.2, 0) is 0 Å². The van der Waals surface area contributed by atoms with Crippen LogP contribution in [0.2, 0.25) is 5.02 Å². The van der Waals surface area contributed by atoms with Crippen molar-refractivity contribution in [3.05, 3.63) is 75.8 Å². The summed E-state index contributed by atoms with van der Waals surface area (Å²) in [6, 6.07) is 9.23. The van der Waals surface area contributed by atoms with Crippen molar-refractivity contribution in [1.29, 1.82) is 0 Å². The van der Waals surface area contributed by atoms with Gasteiger partial charge in [0.1, 0.15) is 12.4 Å². The van der Waals surface area contributed by atoms with Crippen molar-refractivity contribution in [3.63, 3.8) is 0 Å². The molecule has 0 saturated carbocycles. The maximum absolute atomic E-state index is 10.8. The molecule has 11 heteroatoms. The molecule has 0 spiro atoms. The first-order valence-electron chi connectivity index (χ1n) is 8.30. The predicted octanol–water partition coefficient (Wildman–Crippen LogP) is 4.14. The van der Waals surface area contributed by atoms with Crippen molar-refractivity contribution >= 4 is 29.1 Å². The lowest BCUT2D eigenvalue weighted by Crippen LogP contribution is -2.03. The minimum absolute atomic E-state index is 0.182. The van der Waals surface area contributed by atoms with Crippen molar-refractivity contribution in [2.45, 2.75) is 17.2 Å². The highest BCUT2D eigenvalue weighted by atomic mass is 35.5. The van der Waals surface area contributed by atoms with E-state index in [4.69, 9.17) is 11.6 Å². The Hall–Kier alpha value is -3.37. The molecule has 3 aromatic heterocycles. The Balaban J connectivity index is 1.83. The maximum atomic E-state index is 10.8. The van der Waals surface area contributed by atoms with E-state index in [-0.39, 0.29) is 5.69 Å². The summed E-state index contributed by atoms with van der Waals surface area (Å²) < 4.78 is 1.85. The van der Waals surface area contributed by atoms with Crippen LogP contribution in [0.1, 0.15) is 5.56 Å². The Morgan fingerprint density at radius 1 is 1.10 bits per heavy atom. The topological polar surface area (TPSA) is 113 Å². The van der Waals surface area contributed by atoms with Gasteiger partial charge in [-0.15, -0.1) is 10.2 Å². The largest absolute Gasteiger partial charge is 0.305 e. The van der Waals surface area contributed by atoms with Gasteiger partial charge in [-0.1, -0.05) is 17.7 Å². The number of aromatic nitrogens is 6. The third-order valence-corrected chi connectivity index (χ3v) is 5.31. The molecule has 0 atom stereocenters. The zero-order valence-corrected chi connectivity index (χ0v) is 16.5. The minimum Gasteiger partial charge on any atom is -0.269 e. The fourth-order valence-corrected chi connectivity index (χ4v) is 3.52. The quantitative estimate of drug-likeness (QED) is 0.266. The van der Waals surface area contributed by atoms with Crippen LogP contribution >= 0.6 is 23.4 Å². The van der Waals surface area contributed by atoms with Crippen LogP contribution in [0, 0.1) is 17.0 Å². The fraction of sp³-hybridized carbons (Fsp3) is 0.0556. The Labute approximate surface area is 174 Å². The number of nitro groups is 1. The van der Waals surface area contributed by atoms with Crippen LogP contribution in [0.25, 0.3) is 17.1 Å². The number of halogens is 1. The van der Waals surface area contributed by atoms with E-state index in [0.29, 0.717) is 21.2 Å². The molecule has 29 heavy (non-hydrogen) atoms. The highest BCUT2D eigenvalue weighted by Gasteiger charge is 2.20. The average molecular weight is 426 g/mol. The second-order valence-corrected chi connectivity index (χ2v) is 7.19. The van der Waals surface area contributed by atoms with Gasteiger partial charge < -0.3 is 0 Å². The summed E-state index contributed by atoms with van der Waals surface area (Å²) in [5, 5.41) is 20.9. The molecule has 0 N–H and O–H groups in total. The van der Waals surface area contributed by atoms with Crippen molar-refractivity contribution in [2.75, 3.05) is 0 Å². The standard InChI is InChI=1S/C18H12ClN7O2S/c1-11-14(19)3-2-4-15(11)25-16(12-5-7-20-8-6-12)23-24-18(25)29-17-21-9-13(10-22-17)26(27)28/h2-10H,1H3. The van der Waals surface area contributed by atoms with Crippen molar-refractivity contribution < 1.29 is 4.92 Å². The van der Waals surface area contributed by atoms with Gasteiger partial charge in [0, 0.05) is 23.0 Å². The molecule has 144 valence electrons. The molecular weight excluding hydrogens is 414 g/mol. The lowest BCUT2D eigenvalue weighted by Gasteiger charge is -2.13. The fourth-order valence-electron chi connectivity index (χ4n) is 2.62. The Morgan fingerprint density at radius 2 is 1.83 bits per heavy atom. The van der Waals surface area contributed by atoms with Crippen LogP contribution in [0.15, 0.2) is 65.4 Å². The molecule has 0 amide bonds. The summed E-state index contributed by atoms with van der Waals surface area (Å²) in [5.41, 5.74) is 2.30. The molecule has 4 aromatic rings. The lowest BCUT2D eigenvalue weighted by atomic mass is 10.2. The van der Waals surface area contributed by atoms with E-state index in [0.717, 1.165) is 41.0 Å². The van der Waals surface area contributed by atoms with E-state index in [1.54, 1.807) is 12.4 Å². The van der Waals surface area contributed by atoms with Crippen LogP contribution in [0.3, 0.4) is 0 Å². The number of nitrogens with zero attached hydrogens (tertiary/aromatic N) is 7. The summed E-state index contributed by atoms with van der Waals surface area (Å²) in [7, 11) is 0. The summed E-state index contributed by atoms with van der Waals surface area (Å²) in [6.45, 7) is 1.91. The summed E-state index contributed by atoms with van der Waals surface area (Å²) in [4.78, 5) is 22.4. The summed E-state index contributed by atoms with van der Waals surface area (Å²) >= 11 is 7.47. The first-order chi connectivity index (χ1) is 14.0. The van der Waals surface area contributed by atoms with Crippen LogP contribution in [0.4, 0.5) is 5.69 Å². The van der Waals surface area contributed by atoms with Crippen LogP contribution in [-0.4, -0.2) is 34.6 Å². The van der Waals surface area contributed by atoms with Gasteiger partial charge in [-0.3, -0.25) is 19.7 Å². The average Bonchev–Trinajstić information content (AvgIpc) is 3.14. The zero-order valence-electron chi connectivity index (χ0n) is 14.9. The zero-order chi connectivity index (χ0) is 20.4. The number of pyridine rings is 1. The molecule has 0 aliphatic heterocycles. The van der Waals surface area contributed by atoms with Gasteiger partial charge >= 0.3 is 5.69 Å². The molecular formula is C18H12ClN7O2S. The van der Waals surface area contributed by atoms with E-state index >= 15 is 0 Å². The van der Waals surface area contributed by atoms with Crippen molar-refractivity contribution in [1.82, 2.24) is 29.7 Å². The third kappa shape index (κ3) is 3.80. The van der Waals surface area contributed by atoms with E-state index in [1.807, 2.05) is 41.8 Å². The monoisotopic (exact) mass is 425 g/mol. The van der Waals surface area contributed by atoms with Gasteiger partial charge in [0.05, 0.1) is 10.6 Å². The van der Waals surface area contributed by atoms with Crippen molar-refractivity contribution in [2.24, 2.45) is 0 Å². The Bertz CT molecular complexity index is 1180. The van der Waals surface area contributed by atoms with Gasteiger partial charge in [-0.25, -0.2) is 9.97 Å². The first kappa shape index (κ1) is 19.0. The van der Waals surface area contributed by atoms with Crippen molar-refractivity contribution in [3.8, 4) is 17.1 Å². The molecule has 0 saturated heterocycles. The van der Waals surface area contributed by atoms with Gasteiger partial charge in [0.15, 0.2) is 11.0 Å². The van der Waals surface area contributed by atoms with Crippen LogP contribution in [0.5, 0.6) is 0 Å². The second-order valence-electron chi connectivity index (χ2n) is 5.84. The van der Waals surface area contributed by atoms with Gasteiger partial charge in [0.2, 0.25) is 5.16 Å². The summed E-state index contributed by atoms with van der Waals surface area (Å²) in [5.74, 6) is 0.599. The molecule has 0 bridgehead atoms. The molecule has 0 aliphatic rings. The SMILES string of the molecule is Cc1c(Cl)cccc1-n1c(Sc2ncc([N+](=O)[O-])cn2)nnc1-c1ccncc1. The molecule has 4 rings (SSSR count). The number of benzene rings is 1. The third-order valence-electron chi connectivity index (χ3n) is 4.06. The smallest absolute Gasteiger partial charge is 0.269 e. The molecule has 0 radical (unpaired) electrons. The van der Waals surface area contributed by atoms with E-state index in [1.165, 1.54) is 0 Å². The molecule has 9 nitrogen and oxygen atoms in total. The highest BCUT2D eigenvalue weighted by molar-refractivity contribution is 7.99. The molecule has 0 unspecified atom stereocenters. The molecule has 1 aromatic carbocycles. The van der Waals surface area contributed by atoms with Gasteiger partial charge in [0.25, 0.3) is 0 Å². The normalized spacial score (nSPS) is 10.8. The Kier molecular flexibility index (Phi) is 5.19. The number of rotatable bonds is 5. The lowest BCUT2D eigenvalue weighted by molar-refractivity contribution is -0.385. The van der Waals surface area contributed by atoms with Crippen LogP contribution < -0.4 is 0 Å². The van der Waals surface area contributed by atoms with E-state index in [2.05, 4.69) is 25.1 Å². The second kappa shape index (κ2) is 7.94. The molecule has 3 heterocycles. The van der Waals surface area contributed by atoms with Gasteiger partial charge in [-0.05, 0) is 48.5 Å². The summed E-state index contributed by atoms with van der Waals surface area (Å²) in [6.07, 6.45) is 5.66. The maximum Gasteiger partial charge on any atom is 0.305 e. The number of hydrogen-bond acceptors (Lipinski definition) is 8. The predicted molar refractivity (Wildman–Crippen MR) is 107 cm³/mol. The number of hydrogen-bond donors (Lipinski definition) is 0.